The van der Waals surface area contributed by atoms with Crippen LogP contribution in [0.2, 0.25) is 0 Å². The molecule has 7 aromatic carbocycles. The van der Waals surface area contributed by atoms with Crippen molar-refractivity contribution >= 4 is 113 Å². The first kappa shape index (κ1) is 25.0. The molecule has 0 atom stereocenters. The minimum Gasteiger partial charge on any atom is -0.310 e. The summed E-state index contributed by atoms with van der Waals surface area (Å²) in [5.74, 6) is 0. The Labute approximate surface area is 285 Å². The number of hydrogen-bond donors (Lipinski definition) is 0. The van der Waals surface area contributed by atoms with Crippen molar-refractivity contribution in [3.05, 3.63) is 133 Å². The van der Waals surface area contributed by atoms with E-state index in [1.165, 1.54) is 107 Å². The lowest BCUT2D eigenvalue weighted by molar-refractivity contribution is 1.18. The van der Waals surface area contributed by atoms with Crippen LogP contribution in [0.1, 0.15) is 0 Å². The number of rotatable bonds is 0. The van der Waals surface area contributed by atoms with Gasteiger partial charge in [0.2, 0.25) is 13.4 Å². The molecule has 0 saturated heterocycles. The molecule has 4 aliphatic heterocycles. The van der Waals surface area contributed by atoms with E-state index < -0.39 is 0 Å². The number of fused-ring (bicyclic) bond motifs is 16. The second-order valence-electron chi connectivity index (χ2n) is 13.6. The van der Waals surface area contributed by atoms with Gasteiger partial charge in [0.1, 0.15) is 0 Å². The zero-order chi connectivity index (χ0) is 30.8. The molecular weight excluding hydrogens is 618 g/mol. The van der Waals surface area contributed by atoms with Crippen molar-refractivity contribution in [1.82, 2.24) is 9.13 Å². The maximum absolute atomic E-state index is 2.59. The summed E-state index contributed by atoms with van der Waals surface area (Å²) in [6.07, 6.45) is 0. The normalized spacial score (nSPS) is 14.4. The summed E-state index contributed by atoms with van der Waals surface area (Å²) in [7, 11) is 0. The molecule has 2 aromatic heterocycles. The van der Waals surface area contributed by atoms with E-state index in [1.807, 2.05) is 23.5 Å². The van der Waals surface area contributed by atoms with Crippen molar-refractivity contribution in [3.63, 3.8) is 0 Å². The molecular formula is C42H22B2N2S2. The molecule has 13 rings (SSSR count). The molecule has 0 unspecified atom stereocenters. The van der Waals surface area contributed by atoms with Crippen LogP contribution in [-0.2, 0) is 0 Å². The maximum atomic E-state index is 2.59. The predicted molar refractivity (Wildman–Crippen MR) is 206 cm³/mol. The topological polar surface area (TPSA) is 9.86 Å². The van der Waals surface area contributed by atoms with Crippen LogP contribution in [0.15, 0.2) is 153 Å². The molecule has 2 nitrogen and oxygen atoms in total. The van der Waals surface area contributed by atoms with Gasteiger partial charge >= 0.3 is 0 Å². The van der Waals surface area contributed by atoms with E-state index in [0.717, 1.165) is 0 Å². The van der Waals surface area contributed by atoms with Crippen LogP contribution in [-0.4, -0.2) is 22.6 Å². The van der Waals surface area contributed by atoms with E-state index in [2.05, 4.69) is 143 Å². The van der Waals surface area contributed by atoms with Crippen LogP contribution in [0.4, 0.5) is 0 Å². The lowest BCUT2D eigenvalue weighted by Gasteiger charge is -2.32. The summed E-state index contributed by atoms with van der Waals surface area (Å²) in [6.45, 7) is 0.471. The van der Waals surface area contributed by atoms with Gasteiger partial charge < -0.3 is 9.13 Å². The molecule has 6 heteroatoms. The molecule has 0 saturated carbocycles. The van der Waals surface area contributed by atoms with Crippen LogP contribution >= 0.6 is 23.5 Å². The molecule has 4 aliphatic rings. The van der Waals surface area contributed by atoms with Crippen molar-refractivity contribution in [1.29, 1.82) is 0 Å². The van der Waals surface area contributed by atoms with E-state index in [0.29, 0.717) is 0 Å². The summed E-state index contributed by atoms with van der Waals surface area (Å²) < 4.78 is 5.18. The van der Waals surface area contributed by atoms with E-state index in [9.17, 15) is 0 Å². The highest BCUT2D eigenvalue weighted by molar-refractivity contribution is 8.00. The van der Waals surface area contributed by atoms with Gasteiger partial charge in [0, 0.05) is 52.5 Å². The van der Waals surface area contributed by atoms with Crippen molar-refractivity contribution in [2.75, 3.05) is 0 Å². The Morgan fingerprint density at radius 2 is 0.792 bits per heavy atom. The smallest absolute Gasteiger partial charge is 0.249 e. The first-order valence-corrected chi connectivity index (χ1v) is 18.3. The minimum atomic E-state index is 0.236. The van der Waals surface area contributed by atoms with Crippen LogP contribution < -0.4 is 32.8 Å². The highest BCUT2D eigenvalue weighted by Crippen LogP contribution is 2.44. The maximum Gasteiger partial charge on any atom is 0.249 e. The summed E-state index contributed by atoms with van der Waals surface area (Å²) in [5, 5.41) is 5.34. The van der Waals surface area contributed by atoms with Gasteiger partial charge in [-0.15, -0.1) is 0 Å². The molecule has 0 amide bonds. The molecule has 6 heterocycles. The zero-order valence-corrected chi connectivity index (χ0v) is 27.2. The Kier molecular flexibility index (Phi) is 4.44. The van der Waals surface area contributed by atoms with Gasteiger partial charge in [-0.25, -0.2) is 0 Å². The number of nitrogens with zero attached hydrogens (tertiary/aromatic N) is 2. The molecule has 218 valence electrons. The summed E-state index contributed by atoms with van der Waals surface area (Å²) in [6, 6.07) is 50.8. The molecule has 0 aliphatic carbocycles. The number of benzene rings is 7. The quantitative estimate of drug-likeness (QED) is 0.176. The van der Waals surface area contributed by atoms with Crippen molar-refractivity contribution in [2.45, 2.75) is 19.6 Å². The van der Waals surface area contributed by atoms with Crippen LogP contribution in [0.25, 0.3) is 55.0 Å². The monoisotopic (exact) mass is 640 g/mol. The lowest BCUT2D eigenvalue weighted by Crippen LogP contribution is -2.58. The molecule has 0 radical (unpaired) electrons. The second-order valence-corrected chi connectivity index (χ2v) is 15.7. The zero-order valence-electron chi connectivity index (χ0n) is 25.6. The standard InChI is InChI=1S/C42H22B2N2S2/c1-5-13-31-27(9-1)43-29-11-3-7-15-35(29)47-37-19-17-23-25-22-34-26(21-33(25)45(31)41(23)39(37)43)24-18-20-38-40-42(24)46(34)32-14-6-2-10-28(32)44(40)30-12-4-8-16-36(30)48-38/h1-22H. The van der Waals surface area contributed by atoms with E-state index in [1.54, 1.807) is 0 Å². The van der Waals surface area contributed by atoms with Crippen LogP contribution in [0, 0.1) is 0 Å². The SMILES string of the molecule is c1ccc2c(c1)Sc1ccc3c4cc5c(cc4n4c3c1B2c1ccccc1-4)c1ccc2c3c1n5-c1ccccc1B3c1ccccc1S2. The highest BCUT2D eigenvalue weighted by atomic mass is 32.2. The molecule has 0 fully saturated rings. The fourth-order valence-electron chi connectivity index (χ4n) is 9.64. The Balaban J connectivity index is 1.20. The van der Waals surface area contributed by atoms with Gasteiger partial charge in [-0.05, 0) is 70.4 Å². The third-order valence-electron chi connectivity index (χ3n) is 11.4. The van der Waals surface area contributed by atoms with E-state index in [-0.39, 0.29) is 13.4 Å². The van der Waals surface area contributed by atoms with Crippen molar-refractivity contribution in [3.8, 4) is 11.4 Å². The minimum absolute atomic E-state index is 0.236. The molecule has 48 heavy (non-hydrogen) atoms. The summed E-state index contributed by atoms with van der Waals surface area (Å²) in [4.78, 5) is 5.50. The molecule has 0 N–H and O–H groups in total. The number of aromatic nitrogens is 2. The second kappa shape index (κ2) is 8.51. The predicted octanol–water partition coefficient (Wildman–Crippen LogP) is 6.47. The average Bonchev–Trinajstić information content (AvgIpc) is 3.65. The first-order chi connectivity index (χ1) is 23.8. The Hall–Kier alpha value is -5.03. The Morgan fingerprint density at radius 3 is 1.27 bits per heavy atom. The molecule has 0 spiro atoms. The van der Waals surface area contributed by atoms with E-state index in [4.69, 9.17) is 0 Å². The van der Waals surface area contributed by atoms with E-state index >= 15 is 0 Å². The summed E-state index contributed by atoms with van der Waals surface area (Å²) >= 11 is 3.85. The van der Waals surface area contributed by atoms with Crippen LogP contribution in [0.5, 0.6) is 0 Å². The first-order valence-electron chi connectivity index (χ1n) is 16.7. The fraction of sp³-hybridized carbons (Fsp3) is 0. The largest absolute Gasteiger partial charge is 0.310 e. The average molecular weight is 640 g/mol. The van der Waals surface area contributed by atoms with Gasteiger partial charge in [0.25, 0.3) is 0 Å². The Bertz CT molecular complexity index is 2790. The number of para-hydroxylation sites is 2. The molecule has 9 aromatic rings. The van der Waals surface area contributed by atoms with Gasteiger partial charge in [-0.2, -0.15) is 0 Å². The number of hydrogen-bond acceptors (Lipinski definition) is 2. The highest BCUT2D eigenvalue weighted by Gasteiger charge is 2.41. The Morgan fingerprint density at radius 1 is 0.375 bits per heavy atom. The fourth-order valence-corrected chi connectivity index (χ4v) is 11.9. The van der Waals surface area contributed by atoms with Crippen molar-refractivity contribution < 1.29 is 0 Å². The van der Waals surface area contributed by atoms with Gasteiger partial charge in [0.15, 0.2) is 0 Å². The van der Waals surface area contributed by atoms with Crippen LogP contribution in [0.3, 0.4) is 0 Å². The van der Waals surface area contributed by atoms with Gasteiger partial charge in [0.05, 0.1) is 22.1 Å². The van der Waals surface area contributed by atoms with Crippen molar-refractivity contribution in [2.24, 2.45) is 0 Å². The van der Waals surface area contributed by atoms with Gasteiger partial charge in [-0.3, -0.25) is 0 Å². The third kappa shape index (κ3) is 2.80. The van der Waals surface area contributed by atoms with Gasteiger partial charge in [-0.1, -0.05) is 119 Å². The lowest BCUT2D eigenvalue weighted by atomic mass is 9.35. The third-order valence-corrected chi connectivity index (χ3v) is 13.8. The summed E-state index contributed by atoms with van der Waals surface area (Å²) in [5.41, 5.74) is 16.5. The molecule has 0 bridgehead atoms.